The molecule has 0 fully saturated rings. The first-order valence-corrected chi connectivity index (χ1v) is 7.21. The summed E-state index contributed by atoms with van der Waals surface area (Å²) in [7, 11) is 3.37. The molecule has 1 N–H and O–H groups in total. The predicted octanol–water partition coefficient (Wildman–Crippen LogP) is 2.47. The molecule has 0 saturated heterocycles. The summed E-state index contributed by atoms with van der Waals surface area (Å²) in [6.45, 7) is 8.33. The van der Waals surface area contributed by atoms with E-state index >= 15 is 0 Å². The topological polar surface area (TPSA) is 41.9 Å². The molecule has 0 unspecified atom stereocenters. The summed E-state index contributed by atoms with van der Waals surface area (Å²) in [6.07, 6.45) is 2.51. The first-order valence-electron chi connectivity index (χ1n) is 7.21. The molecule has 0 amide bonds. The zero-order valence-corrected chi connectivity index (χ0v) is 13.3. The van der Waals surface area contributed by atoms with Crippen molar-refractivity contribution >= 4 is 0 Å². The lowest BCUT2D eigenvalue weighted by molar-refractivity contribution is 0.0545. The van der Waals surface area contributed by atoms with Crippen LogP contribution in [0.3, 0.4) is 0 Å². The Balaban J connectivity index is 2.72. The maximum atomic E-state index is 10.2. The Bertz CT molecular complexity index is 432. The summed E-state index contributed by atoms with van der Waals surface area (Å²) in [5.74, 6) is 0.847. The number of rotatable bonds is 10. The fourth-order valence-corrected chi connectivity index (χ4v) is 2.19. The van der Waals surface area contributed by atoms with Crippen LogP contribution in [0.15, 0.2) is 36.9 Å². The number of methoxy groups -OCH3 is 2. The van der Waals surface area contributed by atoms with Crippen LogP contribution in [0.1, 0.15) is 18.9 Å². The standard InChI is InChI=1S/C17H27NO3/c1-5-17(2,19)14-18(10-7-11-20-3)13-15-8-6-9-16(12-15)21-4/h5-6,8-9,12,19H,1,7,10-11,13-14H2,2-4H3/t17-/m1/s1. The Morgan fingerprint density at radius 3 is 2.76 bits per heavy atom. The molecule has 21 heavy (non-hydrogen) atoms. The molecule has 1 rings (SSSR count). The molecule has 0 bridgehead atoms. The Hall–Kier alpha value is -1.36. The minimum Gasteiger partial charge on any atom is -0.497 e. The van der Waals surface area contributed by atoms with Gasteiger partial charge in [0.05, 0.1) is 12.7 Å². The van der Waals surface area contributed by atoms with E-state index in [1.165, 1.54) is 0 Å². The van der Waals surface area contributed by atoms with Gasteiger partial charge in [0.2, 0.25) is 0 Å². The lowest BCUT2D eigenvalue weighted by atomic mass is 10.1. The van der Waals surface area contributed by atoms with Gasteiger partial charge in [0.1, 0.15) is 5.75 Å². The quantitative estimate of drug-likeness (QED) is 0.531. The SMILES string of the molecule is C=C[C@@](C)(O)CN(CCCOC)Cc1cccc(OC)c1. The van der Waals surface area contributed by atoms with Crippen LogP contribution in [0.25, 0.3) is 0 Å². The van der Waals surface area contributed by atoms with Crippen molar-refractivity contribution in [2.75, 3.05) is 33.9 Å². The van der Waals surface area contributed by atoms with E-state index in [-0.39, 0.29) is 0 Å². The van der Waals surface area contributed by atoms with E-state index in [4.69, 9.17) is 9.47 Å². The van der Waals surface area contributed by atoms with Gasteiger partial charge in [-0.3, -0.25) is 4.90 Å². The van der Waals surface area contributed by atoms with E-state index in [1.807, 2.05) is 18.2 Å². The maximum Gasteiger partial charge on any atom is 0.119 e. The van der Waals surface area contributed by atoms with E-state index < -0.39 is 5.60 Å². The molecule has 0 radical (unpaired) electrons. The van der Waals surface area contributed by atoms with Crippen LogP contribution in [-0.4, -0.2) is 49.5 Å². The molecule has 118 valence electrons. The minimum atomic E-state index is -0.897. The summed E-state index contributed by atoms with van der Waals surface area (Å²) >= 11 is 0. The van der Waals surface area contributed by atoms with Crippen LogP contribution < -0.4 is 4.74 Å². The minimum absolute atomic E-state index is 0.539. The van der Waals surface area contributed by atoms with Gasteiger partial charge in [0, 0.05) is 33.4 Å². The molecule has 0 aliphatic heterocycles. The summed E-state index contributed by atoms with van der Waals surface area (Å²) < 4.78 is 10.4. The van der Waals surface area contributed by atoms with Gasteiger partial charge in [-0.2, -0.15) is 0 Å². The first-order chi connectivity index (χ1) is 10.0. The normalized spacial score (nSPS) is 14.0. The zero-order chi connectivity index (χ0) is 15.7. The highest BCUT2D eigenvalue weighted by Gasteiger charge is 2.20. The van der Waals surface area contributed by atoms with Crippen LogP contribution >= 0.6 is 0 Å². The number of benzene rings is 1. The van der Waals surface area contributed by atoms with Crippen molar-refractivity contribution in [2.45, 2.75) is 25.5 Å². The van der Waals surface area contributed by atoms with Crippen molar-refractivity contribution in [3.63, 3.8) is 0 Å². The van der Waals surface area contributed by atoms with Crippen molar-refractivity contribution < 1.29 is 14.6 Å². The second kappa shape index (κ2) is 8.82. The first kappa shape index (κ1) is 17.7. The third kappa shape index (κ3) is 6.76. The number of nitrogens with zero attached hydrogens (tertiary/aromatic N) is 1. The molecular formula is C17H27NO3. The van der Waals surface area contributed by atoms with Crippen LogP contribution in [0.2, 0.25) is 0 Å². The van der Waals surface area contributed by atoms with Gasteiger partial charge >= 0.3 is 0 Å². The fraction of sp³-hybridized carbons (Fsp3) is 0.529. The Morgan fingerprint density at radius 1 is 1.38 bits per heavy atom. The number of hydrogen-bond acceptors (Lipinski definition) is 4. The average Bonchev–Trinajstić information content (AvgIpc) is 2.47. The molecule has 4 heteroatoms. The number of ether oxygens (including phenoxy) is 2. The van der Waals surface area contributed by atoms with Crippen molar-refractivity contribution in [1.82, 2.24) is 4.90 Å². The predicted molar refractivity (Wildman–Crippen MR) is 85.6 cm³/mol. The second-order valence-electron chi connectivity index (χ2n) is 5.47. The molecule has 1 atom stereocenters. The third-order valence-electron chi connectivity index (χ3n) is 3.35. The smallest absolute Gasteiger partial charge is 0.119 e. The highest BCUT2D eigenvalue weighted by atomic mass is 16.5. The lowest BCUT2D eigenvalue weighted by Crippen LogP contribution is -2.39. The second-order valence-corrected chi connectivity index (χ2v) is 5.47. The Morgan fingerprint density at radius 2 is 2.14 bits per heavy atom. The molecular weight excluding hydrogens is 266 g/mol. The summed E-state index contributed by atoms with van der Waals surface area (Å²) in [5, 5.41) is 10.2. The van der Waals surface area contributed by atoms with Crippen molar-refractivity contribution in [3.05, 3.63) is 42.5 Å². The van der Waals surface area contributed by atoms with Gasteiger partial charge in [0.15, 0.2) is 0 Å². The van der Waals surface area contributed by atoms with Gasteiger partial charge in [-0.05, 0) is 31.0 Å². The molecule has 0 saturated carbocycles. The molecule has 1 aromatic carbocycles. The molecule has 4 nitrogen and oxygen atoms in total. The van der Waals surface area contributed by atoms with E-state index in [0.717, 1.165) is 30.8 Å². The van der Waals surface area contributed by atoms with Gasteiger partial charge in [0.25, 0.3) is 0 Å². The van der Waals surface area contributed by atoms with Gasteiger partial charge in [-0.25, -0.2) is 0 Å². The van der Waals surface area contributed by atoms with Crippen molar-refractivity contribution in [2.24, 2.45) is 0 Å². The Kier molecular flexibility index (Phi) is 7.43. The van der Waals surface area contributed by atoms with Crippen LogP contribution in [0.5, 0.6) is 5.75 Å². The molecule has 0 aliphatic carbocycles. The number of hydrogen-bond donors (Lipinski definition) is 1. The van der Waals surface area contributed by atoms with E-state index in [1.54, 1.807) is 27.2 Å². The van der Waals surface area contributed by atoms with Crippen molar-refractivity contribution in [3.8, 4) is 5.75 Å². The lowest BCUT2D eigenvalue weighted by Gasteiger charge is -2.29. The summed E-state index contributed by atoms with van der Waals surface area (Å²) in [5.41, 5.74) is 0.262. The van der Waals surface area contributed by atoms with Crippen LogP contribution in [0.4, 0.5) is 0 Å². The highest BCUT2D eigenvalue weighted by molar-refractivity contribution is 5.28. The largest absolute Gasteiger partial charge is 0.497 e. The van der Waals surface area contributed by atoms with Crippen molar-refractivity contribution in [1.29, 1.82) is 0 Å². The highest BCUT2D eigenvalue weighted by Crippen LogP contribution is 2.16. The average molecular weight is 293 g/mol. The summed E-state index contributed by atoms with van der Waals surface area (Å²) in [4.78, 5) is 2.20. The molecule has 0 aliphatic rings. The number of aliphatic hydroxyl groups is 1. The molecule has 0 spiro atoms. The molecule has 0 heterocycles. The van der Waals surface area contributed by atoms with Crippen LogP contribution in [0, 0.1) is 0 Å². The third-order valence-corrected chi connectivity index (χ3v) is 3.35. The molecule has 1 aromatic rings. The molecule has 0 aromatic heterocycles. The van der Waals surface area contributed by atoms with Gasteiger partial charge in [-0.1, -0.05) is 18.2 Å². The Labute approximate surface area is 128 Å². The monoisotopic (exact) mass is 293 g/mol. The van der Waals surface area contributed by atoms with Gasteiger partial charge < -0.3 is 14.6 Å². The fourth-order valence-electron chi connectivity index (χ4n) is 2.19. The van der Waals surface area contributed by atoms with E-state index in [2.05, 4.69) is 17.5 Å². The zero-order valence-electron chi connectivity index (χ0n) is 13.3. The van der Waals surface area contributed by atoms with Crippen LogP contribution in [-0.2, 0) is 11.3 Å². The van der Waals surface area contributed by atoms with Gasteiger partial charge in [-0.15, -0.1) is 6.58 Å². The maximum absolute atomic E-state index is 10.2. The van der Waals surface area contributed by atoms with E-state index in [0.29, 0.717) is 13.2 Å². The van der Waals surface area contributed by atoms with E-state index in [9.17, 15) is 5.11 Å². The summed E-state index contributed by atoms with van der Waals surface area (Å²) in [6, 6.07) is 7.99.